The Morgan fingerprint density at radius 3 is 2.43 bits per heavy atom. The molecule has 2 N–H and O–H groups in total. The molecule has 3 aliphatic carbocycles. The van der Waals surface area contributed by atoms with E-state index in [0.29, 0.717) is 5.41 Å². The topological polar surface area (TPSA) is 75.6 Å². The van der Waals surface area contributed by atoms with Crippen LogP contribution in [0.3, 0.4) is 0 Å². The Labute approximate surface area is 123 Å². The molecule has 21 heavy (non-hydrogen) atoms. The Kier molecular flexibility index (Phi) is 3.15. The second kappa shape index (κ2) is 4.76. The number of hydrogen-bond donors (Lipinski definition) is 2. The van der Waals surface area contributed by atoms with Crippen LogP contribution in [0.2, 0.25) is 0 Å². The van der Waals surface area contributed by atoms with Gasteiger partial charge in [0.2, 0.25) is 0 Å². The van der Waals surface area contributed by atoms with Crippen molar-refractivity contribution in [2.45, 2.75) is 38.8 Å². The van der Waals surface area contributed by atoms with Crippen molar-refractivity contribution in [3.8, 4) is 0 Å². The lowest BCUT2D eigenvalue weighted by Gasteiger charge is -2.71. The lowest BCUT2D eigenvalue weighted by Crippen LogP contribution is -2.70. The molecule has 5 nitrogen and oxygen atoms in total. The smallest absolute Gasteiger partial charge is 0.408 e. The van der Waals surface area contributed by atoms with Crippen molar-refractivity contribution >= 4 is 12.1 Å². The van der Waals surface area contributed by atoms with Gasteiger partial charge < -0.3 is 15.2 Å². The third-order valence-corrected chi connectivity index (χ3v) is 4.67. The van der Waals surface area contributed by atoms with E-state index in [-0.39, 0.29) is 12.0 Å². The maximum absolute atomic E-state index is 11.8. The molecule has 5 heteroatoms. The highest BCUT2D eigenvalue weighted by Crippen LogP contribution is 2.74. The monoisotopic (exact) mass is 289 g/mol. The Balaban J connectivity index is 1.54. The molecule has 0 aromatic heterocycles. The molecule has 4 rings (SSSR count). The fraction of sp³-hybridized carbons (Fsp3) is 0.500. The summed E-state index contributed by atoms with van der Waals surface area (Å²) in [5.41, 5.74) is 0.910. The van der Waals surface area contributed by atoms with Gasteiger partial charge in [-0.3, -0.25) is 0 Å². The molecule has 0 radical (unpaired) electrons. The Morgan fingerprint density at radius 2 is 1.90 bits per heavy atom. The number of ether oxygens (including phenoxy) is 1. The van der Waals surface area contributed by atoms with Crippen LogP contribution in [-0.2, 0) is 16.1 Å². The maximum atomic E-state index is 11.8. The van der Waals surface area contributed by atoms with Crippen LogP contribution < -0.4 is 5.32 Å². The van der Waals surface area contributed by atoms with E-state index >= 15 is 0 Å². The number of hydrogen-bond acceptors (Lipinski definition) is 3. The first kappa shape index (κ1) is 13.9. The molecule has 1 aromatic carbocycles. The van der Waals surface area contributed by atoms with E-state index in [1.165, 1.54) is 0 Å². The molecular weight excluding hydrogens is 270 g/mol. The van der Waals surface area contributed by atoms with Gasteiger partial charge in [0.15, 0.2) is 0 Å². The second-order valence-corrected chi connectivity index (χ2v) is 6.68. The minimum atomic E-state index is -0.978. The summed E-state index contributed by atoms with van der Waals surface area (Å²) in [5, 5.41) is 11.9. The van der Waals surface area contributed by atoms with Gasteiger partial charge in [0.05, 0.1) is 0 Å². The van der Waals surface area contributed by atoms with Gasteiger partial charge in [0.1, 0.15) is 12.6 Å². The van der Waals surface area contributed by atoms with E-state index in [1.54, 1.807) is 0 Å². The van der Waals surface area contributed by atoms with Crippen LogP contribution in [-0.4, -0.2) is 23.2 Å². The SMILES string of the molecule is CC12CC([C@@H](NC(=O)OCc3ccccc3)C(=O)O)(C1)C2. The average molecular weight is 289 g/mol. The molecule has 0 saturated heterocycles. The number of carboxylic acids is 1. The Hall–Kier alpha value is -2.04. The molecule has 3 saturated carbocycles. The van der Waals surface area contributed by atoms with Gasteiger partial charge in [-0.25, -0.2) is 9.59 Å². The average Bonchev–Trinajstić information content (AvgIpc) is 2.39. The number of carbonyl (C=O) groups is 2. The van der Waals surface area contributed by atoms with Gasteiger partial charge in [-0.15, -0.1) is 0 Å². The van der Waals surface area contributed by atoms with E-state index in [2.05, 4.69) is 12.2 Å². The lowest BCUT2D eigenvalue weighted by molar-refractivity contribution is -0.214. The number of carbonyl (C=O) groups excluding carboxylic acids is 1. The normalized spacial score (nSPS) is 30.5. The van der Waals surface area contributed by atoms with Gasteiger partial charge in [-0.2, -0.15) is 0 Å². The first-order valence-electron chi connectivity index (χ1n) is 7.13. The van der Waals surface area contributed by atoms with E-state index < -0.39 is 18.1 Å². The molecule has 3 fully saturated rings. The fourth-order valence-electron chi connectivity index (χ4n) is 4.06. The minimum Gasteiger partial charge on any atom is -0.480 e. The van der Waals surface area contributed by atoms with E-state index in [0.717, 1.165) is 24.8 Å². The number of aliphatic carboxylic acids is 1. The predicted molar refractivity (Wildman–Crippen MR) is 75.6 cm³/mol. The van der Waals surface area contributed by atoms with Crippen LogP contribution in [0.25, 0.3) is 0 Å². The van der Waals surface area contributed by atoms with Crippen molar-refractivity contribution in [1.29, 1.82) is 0 Å². The molecule has 112 valence electrons. The highest BCUT2D eigenvalue weighted by atomic mass is 16.5. The van der Waals surface area contributed by atoms with Crippen molar-refractivity contribution in [2.24, 2.45) is 10.8 Å². The van der Waals surface area contributed by atoms with Crippen LogP contribution in [0.15, 0.2) is 30.3 Å². The molecule has 3 aliphatic rings. The fourth-order valence-corrected chi connectivity index (χ4v) is 4.06. The quantitative estimate of drug-likeness (QED) is 0.873. The zero-order valence-electron chi connectivity index (χ0n) is 12.0. The molecule has 1 aromatic rings. The number of alkyl carbamates (subject to hydrolysis) is 1. The molecule has 2 bridgehead atoms. The van der Waals surface area contributed by atoms with Crippen LogP contribution in [0.4, 0.5) is 4.79 Å². The minimum absolute atomic E-state index is 0.143. The lowest BCUT2D eigenvalue weighted by atomic mass is 9.34. The van der Waals surface area contributed by atoms with Crippen molar-refractivity contribution < 1.29 is 19.4 Å². The number of amides is 1. The van der Waals surface area contributed by atoms with E-state index in [4.69, 9.17) is 4.74 Å². The summed E-state index contributed by atoms with van der Waals surface area (Å²) in [6.07, 6.45) is 1.95. The van der Waals surface area contributed by atoms with Crippen LogP contribution >= 0.6 is 0 Å². The third-order valence-electron chi connectivity index (χ3n) is 4.67. The van der Waals surface area contributed by atoms with Crippen molar-refractivity contribution in [3.05, 3.63) is 35.9 Å². The molecule has 0 heterocycles. The summed E-state index contributed by atoms with van der Waals surface area (Å²) < 4.78 is 5.10. The summed E-state index contributed by atoms with van der Waals surface area (Å²) in [4.78, 5) is 23.2. The molecule has 0 spiro atoms. The Bertz CT molecular complexity index is 549. The standard InChI is InChI=1S/C16H19NO4/c1-15-8-16(9-15,10-15)12(13(18)19)17-14(20)21-7-11-5-3-2-4-6-11/h2-6,12H,7-10H2,1H3,(H,17,20)(H,18,19)/t12-,15?,16?/m0/s1. The molecule has 0 aliphatic heterocycles. The van der Waals surface area contributed by atoms with Gasteiger partial charge in [0, 0.05) is 5.41 Å². The van der Waals surface area contributed by atoms with Crippen molar-refractivity contribution in [2.75, 3.05) is 0 Å². The summed E-state index contributed by atoms with van der Waals surface area (Å²) in [6.45, 7) is 2.30. The molecule has 0 unspecified atom stereocenters. The second-order valence-electron chi connectivity index (χ2n) is 6.68. The van der Waals surface area contributed by atoms with Crippen LogP contribution in [0.5, 0.6) is 0 Å². The zero-order valence-corrected chi connectivity index (χ0v) is 12.0. The van der Waals surface area contributed by atoms with Crippen molar-refractivity contribution in [3.63, 3.8) is 0 Å². The number of benzene rings is 1. The van der Waals surface area contributed by atoms with Crippen LogP contribution in [0, 0.1) is 10.8 Å². The van der Waals surface area contributed by atoms with E-state index in [1.807, 2.05) is 30.3 Å². The maximum Gasteiger partial charge on any atom is 0.408 e. The van der Waals surface area contributed by atoms with Gasteiger partial charge >= 0.3 is 12.1 Å². The predicted octanol–water partition coefficient (Wildman–Crippen LogP) is 2.56. The van der Waals surface area contributed by atoms with Gasteiger partial charge in [0.25, 0.3) is 0 Å². The summed E-state index contributed by atoms with van der Waals surface area (Å²) in [5.74, 6) is -0.978. The molecule has 1 amide bonds. The molecular formula is C16H19NO4. The van der Waals surface area contributed by atoms with E-state index in [9.17, 15) is 14.7 Å². The largest absolute Gasteiger partial charge is 0.480 e. The van der Waals surface area contributed by atoms with Gasteiger partial charge in [-0.05, 0) is 30.2 Å². The summed E-state index contributed by atoms with van der Waals surface area (Å²) in [7, 11) is 0. The number of carboxylic acid groups (broad SMARTS) is 1. The molecule has 1 atom stereocenters. The zero-order chi connectivity index (χ0) is 15.1. The van der Waals surface area contributed by atoms with Crippen LogP contribution in [0.1, 0.15) is 31.7 Å². The first-order chi connectivity index (χ1) is 9.92. The number of rotatable bonds is 5. The first-order valence-corrected chi connectivity index (χ1v) is 7.13. The van der Waals surface area contributed by atoms with Crippen molar-refractivity contribution in [1.82, 2.24) is 5.32 Å². The number of nitrogens with one attached hydrogen (secondary N) is 1. The highest BCUT2D eigenvalue weighted by Gasteiger charge is 2.69. The highest BCUT2D eigenvalue weighted by molar-refractivity contribution is 5.81. The third kappa shape index (κ3) is 2.48. The summed E-state index contributed by atoms with van der Waals surface area (Å²) in [6, 6.07) is 8.46. The van der Waals surface area contributed by atoms with Gasteiger partial charge in [-0.1, -0.05) is 37.3 Å². The Morgan fingerprint density at radius 1 is 1.29 bits per heavy atom. The summed E-state index contributed by atoms with van der Waals surface area (Å²) >= 11 is 0.